The van der Waals surface area contributed by atoms with Gasteiger partial charge in [-0.3, -0.25) is 4.79 Å². The lowest BCUT2D eigenvalue weighted by atomic mass is 10.2. The Kier molecular flexibility index (Phi) is 6.31. The normalized spacial score (nSPS) is 11.6. The lowest BCUT2D eigenvalue weighted by Gasteiger charge is -2.20. The minimum absolute atomic E-state index is 0.0123. The van der Waals surface area contributed by atoms with Crippen LogP contribution in [0.5, 0.6) is 0 Å². The summed E-state index contributed by atoms with van der Waals surface area (Å²) in [6.45, 7) is 1.57. The quantitative estimate of drug-likeness (QED) is 0.767. The number of rotatable bonds is 6. The van der Waals surface area contributed by atoms with E-state index in [4.69, 9.17) is 0 Å². The first kappa shape index (κ1) is 19.6. The maximum atomic E-state index is 13.0. The molecule has 0 heterocycles. The molecule has 2 rings (SSSR count). The van der Waals surface area contributed by atoms with Crippen molar-refractivity contribution in [2.45, 2.75) is 13.5 Å². The second-order valence-electron chi connectivity index (χ2n) is 5.69. The Bertz CT molecular complexity index is 870. The maximum absolute atomic E-state index is 13.0. The molecule has 0 saturated carbocycles. The Balaban J connectivity index is 2.11. The molecule has 0 fully saturated rings. The molecule has 0 saturated heterocycles. The van der Waals surface area contributed by atoms with E-state index in [0.717, 1.165) is 16.1 Å². The Morgan fingerprint density at radius 1 is 1.20 bits per heavy atom. The molecule has 0 spiro atoms. The first-order chi connectivity index (χ1) is 11.6. The first-order valence-corrected chi connectivity index (χ1v) is 10.0. The van der Waals surface area contributed by atoms with Crippen LogP contribution in [-0.2, 0) is 21.4 Å². The van der Waals surface area contributed by atoms with Crippen LogP contribution in [0.2, 0.25) is 0 Å². The van der Waals surface area contributed by atoms with Crippen molar-refractivity contribution < 1.29 is 17.6 Å². The maximum Gasteiger partial charge on any atom is 0.239 e. The van der Waals surface area contributed by atoms with E-state index in [0.29, 0.717) is 15.7 Å². The summed E-state index contributed by atoms with van der Waals surface area (Å²) in [5, 5.41) is 2.68. The van der Waals surface area contributed by atoms with E-state index in [9.17, 15) is 17.6 Å². The number of nitrogens with zero attached hydrogens (tertiary/aromatic N) is 1. The highest BCUT2D eigenvalue weighted by atomic mass is 79.9. The van der Waals surface area contributed by atoms with Crippen LogP contribution in [0, 0.1) is 12.7 Å². The number of anilines is 1. The predicted molar refractivity (Wildman–Crippen MR) is 99.2 cm³/mol. The molecule has 1 N–H and O–H groups in total. The van der Waals surface area contributed by atoms with Crippen LogP contribution in [0.3, 0.4) is 0 Å². The van der Waals surface area contributed by atoms with Crippen LogP contribution in [0.25, 0.3) is 0 Å². The van der Waals surface area contributed by atoms with E-state index in [1.807, 2.05) is 19.1 Å². The molecule has 0 unspecified atom stereocenters. The lowest BCUT2D eigenvalue weighted by Crippen LogP contribution is -2.36. The molecule has 25 heavy (non-hydrogen) atoms. The lowest BCUT2D eigenvalue weighted by molar-refractivity contribution is -0.116. The number of aryl methyl sites for hydroxylation is 1. The average molecular weight is 429 g/mol. The van der Waals surface area contributed by atoms with Gasteiger partial charge in [0.1, 0.15) is 5.82 Å². The number of benzene rings is 2. The molecule has 0 atom stereocenters. The molecular weight excluding hydrogens is 411 g/mol. The fraction of sp³-hybridized carbons (Fsp3) is 0.235. The highest BCUT2D eigenvalue weighted by molar-refractivity contribution is 9.10. The van der Waals surface area contributed by atoms with Crippen LogP contribution in [0.4, 0.5) is 10.1 Å². The van der Waals surface area contributed by atoms with Gasteiger partial charge in [-0.15, -0.1) is 0 Å². The Hall–Kier alpha value is -1.77. The fourth-order valence-corrected chi connectivity index (χ4v) is 3.48. The molecule has 0 aromatic heterocycles. The number of halogens is 2. The monoisotopic (exact) mass is 428 g/mol. The molecule has 0 aliphatic carbocycles. The van der Waals surface area contributed by atoms with Gasteiger partial charge in [0.25, 0.3) is 0 Å². The van der Waals surface area contributed by atoms with Crippen molar-refractivity contribution in [3.63, 3.8) is 0 Å². The third-order valence-corrected chi connectivity index (χ3v) is 5.31. The molecule has 5 nitrogen and oxygen atoms in total. The van der Waals surface area contributed by atoms with Gasteiger partial charge in [0.15, 0.2) is 0 Å². The highest BCUT2D eigenvalue weighted by Gasteiger charge is 2.21. The van der Waals surface area contributed by atoms with Crippen LogP contribution >= 0.6 is 15.9 Å². The SMILES string of the molecule is Cc1ccc(NC(=O)CN(Cc2ccc(F)cc2)S(C)(=O)=O)c(Br)c1. The average Bonchev–Trinajstić information content (AvgIpc) is 2.50. The third-order valence-electron chi connectivity index (χ3n) is 3.46. The van der Waals surface area contributed by atoms with Crippen molar-refractivity contribution in [3.8, 4) is 0 Å². The topological polar surface area (TPSA) is 66.5 Å². The molecule has 2 aromatic rings. The number of hydrogen-bond donors (Lipinski definition) is 1. The number of sulfonamides is 1. The molecule has 0 aliphatic heterocycles. The molecule has 0 radical (unpaired) electrons. The molecule has 0 bridgehead atoms. The standard InChI is InChI=1S/C17H18BrFN2O3S/c1-12-3-8-16(15(18)9-12)20-17(22)11-21(25(2,23)24)10-13-4-6-14(19)7-5-13/h3-9H,10-11H2,1-2H3,(H,20,22). The number of nitrogens with one attached hydrogen (secondary N) is 1. The van der Waals surface area contributed by atoms with Crippen LogP contribution in [-0.4, -0.2) is 31.4 Å². The summed E-state index contributed by atoms with van der Waals surface area (Å²) >= 11 is 3.36. The summed E-state index contributed by atoms with van der Waals surface area (Å²) in [6.07, 6.45) is 1.03. The van der Waals surface area contributed by atoms with Gasteiger partial charge in [0.2, 0.25) is 15.9 Å². The molecular formula is C17H18BrFN2O3S. The summed E-state index contributed by atoms with van der Waals surface area (Å²) in [6, 6.07) is 10.9. The van der Waals surface area contributed by atoms with E-state index < -0.39 is 21.7 Å². The van der Waals surface area contributed by atoms with Crippen molar-refractivity contribution >= 4 is 37.5 Å². The zero-order chi connectivity index (χ0) is 18.6. The smallest absolute Gasteiger partial charge is 0.239 e. The zero-order valence-corrected chi connectivity index (χ0v) is 16.2. The molecule has 1 amide bonds. The summed E-state index contributed by atoms with van der Waals surface area (Å²) in [5.74, 6) is -0.867. The number of amides is 1. The summed E-state index contributed by atoms with van der Waals surface area (Å²) in [7, 11) is -3.61. The summed E-state index contributed by atoms with van der Waals surface area (Å²) in [4.78, 5) is 12.3. The van der Waals surface area contributed by atoms with Crippen molar-refractivity contribution in [3.05, 3.63) is 63.9 Å². The van der Waals surface area contributed by atoms with Gasteiger partial charge >= 0.3 is 0 Å². The van der Waals surface area contributed by atoms with Crippen molar-refractivity contribution in [1.82, 2.24) is 4.31 Å². The second kappa shape index (κ2) is 8.07. The number of hydrogen-bond acceptors (Lipinski definition) is 3. The highest BCUT2D eigenvalue weighted by Crippen LogP contribution is 2.23. The van der Waals surface area contributed by atoms with Gasteiger partial charge < -0.3 is 5.32 Å². The van der Waals surface area contributed by atoms with Crippen LogP contribution in [0.15, 0.2) is 46.9 Å². The van der Waals surface area contributed by atoms with Gasteiger partial charge in [-0.25, -0.2) is 12.8 Å². The van der Waals surface area contributed by atoms with Gasteiger partial charge in [-0.05, 0) is 58.2 Å². The minimum Gasteiger partial charge on any atom is -0.324 e. The van der Waals surface area contributed by atoms with Crippen LogP contribution in [0.1, 0.15) is 11.1 Å². The van der Waals surface area contributed by atoms with Gasteiger partial charge in [0, 0.05) is 11.0 Å². The number of carbonyl (C=O) groups is 1. The molecule has 8 heteroatoms. The van der Waals surface area contributed by atoms with E-state index in [-0.39, 0.29) is 13.1 Å². The molecule has 0 aliphatic rings. The minimum atomic E-state index is -3.61. The fourth-order valence-electron chi connectivity index (χ4n) is 2.16. The summed E-state index contributed by atoms with van der Waals surface area (Å²) < 4.78 is 38.7. The Morgan fingerprint density at radius 2 is 1.84 bits per heavy atom. The van der Waals surface area contributed by atoms with Crippen molar-refractivity contribution in [1.29, 1.82) is 0 Å². The molecule has 2 aromatic carbocycles. The van der Waals surface area contributed by atoms with E-state index in [2.05, 4.69) is 21.2 Å². The van der Waals surface area contributed by atoms with Crippen molar-refractivity contribution in [2.75, 3.05) is 18.1 Å². The van der Waals surface area contributed by atoms with Crippen LogP contribution < -0.4 is 5.32 Å². The predicted octanol–water partition coefficient (Wildman–Crippen LogP) is 3.30. The van der Waals surface area contributed by atoms with E-state index in [1.54, 1.807) is 6.07 Å². The van der Waals surface area contributed by atoms with Gasteiger partial charge in [-0.2, -0.15) is 4.31 Å². The third kappa shape index (κ3) is 5.91. The van der Waals surface area contributed by atoms with Crippen molar-refractivity contribution in [2.24, 2.45) is 0 Å². The van der Waals surface area contributed by atoms with Gasteiger partial charge in [0.05, 0.1) is 18.5 Å². The molecule has 134 valence electrons. The summed E-state index contributed by atoms with van der Waals surface area (Å²) in [5.41, 5.74) is 2.18. The first-order valence-electron chi connectivity index (χ1n) is 7.41. The Morgan fingerprint density at radius 3 is 2.40 bits per heavy atom. The van der Waals surface area contributed by atoms with E-state index >= 15 is 0 Å². The second-order valence-corrected chi connectivity index (χ2v) is 8.53. The zero-order valence-electron chi connectivity index (χ0n) is 13.8. The van der Waals surface area contributed by atoms with Gasteiger partial charge in [-0.1, -0.05) is 18.2 Å². The van der Waals surface area contributed by atoms with E-state index in [1.165, 1.54) is 24.3 Å². The Labute approximate surface area is 155 Å². The largest absolute Gasteiger partial charge is 0.324 e. The number of carbonyl (C=O) groups excluding carboxylic acids is 1.